The molecule has 29 heavy (non-hydrogen) atoms. The van der Waals surface area contributed by atoms with E-state index in [2.05, 4.69) is 20.9 Å². The summed E-state index contributed by atoms with van der Waals surface area (Å²) < 4.78 is 0. The Morgan fingerprint density at radius 3 is 2.17 bits per heavy atom. The monoisotopic (exact) mass is 417 g/mol. The number of amides is 3. The summed E-state index contributed by atoms with van der Waals surface area (Å²) in [4.78, 5) is 51.1. The van der Waals surface area contributed by atoms with Crippen molar-refractivity contribution in [1.29, 1.82) is 0 Å². The highest BCUT2D eigenvalue weighted by molar-refractivity contribution is 5.92. The lowest BCUT2D eigenvalue weighted by Crippen LogP contribution is -2.54. The zero-order valence-electron chi connectivity index (χ0n) is 16.6. The summed E-state index contributed by atoms with van der Waals surface area (Å²) in [5, 5.41) is 25.0. The second-order valence-corrected chi connectivity index (χ2v) is 6.64. The fourth-order valence-electron chi connectivity index (χ4n) is 2.16. The second-order valence-electron chi connectivity index (χ2n) is 6.64. The van der Waals surface area contributed by atoms with Gasteiger partial charge in [0.2, 0.25) is 17.7 Å². The van der Waals surface area contributed by atoms with Crippen LogP contribution in [0.3, 0.4) is 0 Å². The fraction of sp³-hybridized carbons (Fsp3) is 0.688. The van der Waals surface area contributed by atoms with E-state index in [9.17, 15) is 19.2 Å². The average Bonchev–Trinajstić information content (AvgIpc) is 2.64. The number of nitrogens with one attached hydrogen (secondary N) is 3. The summed E-state index contributed by atoms with van der Waals surface area (Å²) in [7, 11) is 0. The van der Waals surface area contributed by atoms with Gasteiger partial charge in [-0.05, 0) is 18.8 Å². The Morgan fingerprint density at radius 2 is 1.69 bits per heavy atom. The third kappa shape index (κ3) is 10.8. The van der Waals surface area contributed by atoms with Crippen LogP contribution < -0.4 is 33.2 Å². The molecule has 11 N–H and O–H groups in total. The van der Waals surface area contributed by atoms with Gasteiger partial charge in [0.1, 0.15) is 18.1 Å². The maximum absolute atomic E-state index is 12.4. The maximum atomic E-state index is 12.4. The first-order chi connectivity index (χ1) is 13.5. The molecule has 0 saturated carbocycles. The number of carboxylic acids is 1. The Kier molecular flexibility index (Phi) is 11.9. The molecule has 166 valence electrons. The van der Waals surface area contributed by atoms with E-state index >= 15 is 0 Å². The summed E-state index contributed by atoms with van der Waals surface area (Å²) in [5.74, 6) is -3.79. The predicted molar refractivity (Wildman–Crippen MR) is 104 cm³/mol. The number of aliphatic carboxylic acids is 1. The van der Waals surface area contributed by atoms with E-state index < -0.39 is 55.0 Å². The Morgan fingerprint density at radius 1 is 1.07 bits per heavy atom. The number of aliphatic hydroxyl groups is 1. The van der Waals surface area contributed by atoms with Crippen LogP contribution in [0.1, 0.15) is 26.7 Å². The molecule has 0 aromatic heterocycles. The quantitative estimate of drug-likeness (QED) is 0.0831. The molecule has 0 fully saturated rings. The number of aliphatic hydroxyl groups excluding tert-OH is 1. The molecule has 0 aromatic rings. The van der Waals surface area contributed by atoms with E-state index in [-0.39, 0.29) is 24.8 Å². The number of hydrogen-bond donors (Lipinski definition) is 8. The largest absolute Gasteiger partial charge is 0.480 e. The van der Waals surface area contributed by atoms with Gasteiger partial charge >= 0.3 is 5.97 Å². The summed E-state index contributed by atoms with van der Waals surface area (Å²) in [6.07, 6.45) is 0.475. The van der Waals surface area contributed by atoms with E-state index in [4.69, 9.17) is 27.4 Å². The third-order valence-electron chi connectivity index (χ3n) is 3.78. The number of carboxylic acid groups (broad SMARTS) is 1. The smallest absolute Gasteiger partial charge is 0.326 e. The topological polar surface area (TPSA) is 235 Å². The molecule has 0 aliphatic carbocycles. The van der Waals surface area contributed by atoms with Crippen molar-refractivity contribution in [1.82, 2.24) is 16.0 Å². The first kappa shape index (κ1) is 26.1. The summed E-state index contributed by atoms with van der Waals surface area (Å²) >= 11 is 0. The average molecular weight is 417 g/mol. The van der Waals surface area contributed by atoms with Crippen LogP contribution in [-0.2, 0) is 19.2 Å². The molecular formula is C16H31N7O6. The van der Waals surface area contributed by atoms with E-state index in [1.165, 1.54) is 0 Å². The summed E-state index contributed by atoms with van der Waals surface area (Å²) in [6.45, 7) is 2.38. The minimum Gasteiger partial charge on any atom is -0.480 e. The minimum absolute atomic E-state index is 0.118. The van der Waals surface area contributed by atoms with Gasteiger partial charge in [0.25, 0.3) is 0 Å². The van der Waals surface area contributed by atoms with E-state index in [0.717, 1.165) is 0 Å². The SMILES string of the molecule is CC(C)C(NC(=O)CNC(=O)C(CCCN=C(N)N)NC(=O)C(N)CO)C(=O)O. The van der Waals surface area contributed by atoms with Gasteiger partial charge in [-0.25, -0.2) is 4.79 Å². The van der Waals surface area contributed by atoms with Crippen molar-refractivity contribution in [3.8, 4) is 0 Å². The van der Waals surface area contributed by atoms with Crippen molar-refractivity contribution in [3.63, 3.8) is 0 Å². The van der Waals surface area contributed by atoms with Crippen LogP contribution in [0.15, 0.2) is 4.99 Å². The molecule has 0 aliphatic rings. The summed E-state index contributed by atoms with van der Waals surface area (Å²) in [6, 6.07) is -3.37. The second kappa shape index (κ2) is 13.3. The van der Waals surface area contributed by atoms with Gasteiger partial charge in [0.15, 0.2) is 5.96 Å². The Bertz CT molecular complexity index is 607. The minimum atomic E-state index is -1.21. The molecule has 0 saturated heterocycles. The highest BCUT2D eigenvalue weighted by atomic mass is 16.4. The number of aliphatic imine (C=N–C) groups is 1. The van der Waals surface area contributed by atoms with Gasteiger partial charge in [0.05, 0.1) is 13.2 Å². The molecule has 3 unspecified atom stereocenters. The van der Waals surface area contributed by atoms with Gasteiger partial charge in [-0.1, -0.05) is 13.8 Å². The zero-order chi connectivity index (χ0) is 22.6. The summed E-state index contributed by atoms with van der Waals surface area (Å²) in [5.41, 5.74) is 15.9. The Labute approximate surface area is 168 Å². The van der Waals surface area contributed by atoms with Crippen LogP contribution in [0.25, 0.3) is 0 Å². The molecule has 13 nitrogen and oxygen atoms in total. The number of nitrogens with zero attached hydrogens (tertiary/aromatic N) is 1. The number of carbonyl (C=O) groups is 4. The third-order valence-corrected chi connectivity index (χ3v) is 3.78. The molecule has 0 spiro atoms. The van der Waals surface area contributed by atoms with Crippen molar-refractivity contribution >= 4 is 29.7 Å². The molecule has 13 heteroatoms. The van der Waals surface area contributed by atoms with Crippen LogP contribution in [0, 0.1) is 5.92 Å². The van der Waals surface area contributed by atoms with Crippen LogP contribution in [0.5, 0.6) is 0 Å². The van der Waals surface area contributed by atoms with Crippen LogP contribution in [-0.4, -0.2) is 77.7 Å². The number of nitrogens with two attached hydrogens (primary N) is 3. The molecule has 0 heterocycles. The highest BCUT2D eigenvalue weighted by Gasteiger charge is 2.26. The van der Waals surface area contributed by atoms with Gasteiger partial charge in [0, 0.05) is 6.54 Å². The van der Waals surface area contributed by atoms with Crippen molar-refractivity contribution in [2.45, 2.75) is 44.8 Å². The van der Waals surface area contributed by atoms with E-state index in [1.807, 2.05) is 0 Å². The molecule has 3 amide bonds. The number of carbonyl (C=O) groups excluding carboxylic acids is 3. The molecule has 0 aromatic carbocycles. The van der Waals surface area contributed by atoms with Gasteiger partial charge < -0.3 is 43.4 Å². The number of rotatable bonds is 13. The Hall–Kier alpha value is -2.93. The van der Waals surface area contributed by atoms with Gasteiger partial charge in [-0.15, -0.1) is 0 Å². The molecule has 0 bridgehead atoms. The van der Waals surface area contributed by atoms with Crippen LogP contribution in [0.4, 0.5) is 0 Å². The highest BCUT2D eigenvalue weighted by Crippen LogP contribution is 2.02. The van der Waals surface area contributed by atoms with Crippen molar-refractivity contribution in [2.75, 3.05) is 19.7 Å². The van der Waals surface area contributed by atoms with Crippen molar-refractivity contribution < 1.29 is 29.4 Å². The normalized spacial score (nSPS) is 13.7. The van der Waals surface area contributed by atoms with Gasteiger partial charge in [-0.2, -0.15) is 0 Å². The first-order valence-corrected chi connectivity index (χ1v) is 9.01. The van der Waals surface area contributed by atoms with Crippen LogP contribution in [0.2, 0.25) is 0 Å². The van der Waals surface area contributed by atoms with Crippen LogP contribution >= 0.6 is 0 Å². The first-order valence-electron chi connectivity index (χ1n) is 9.01. The van der Waals surface area contributed by atoms with Crippen molar-refractivity contribution in [2.24, 2.45) is 28.1 Å². The van der Waals surface area contributed by atoms with E-state index in [0.29, 0.717) is 6.42 Å². The number of guanidine groups is 1. The molecule has 0 aliphatic heterocycles. The van der Waals surface area contributed by atoms with Crippen molar-refractivity contribution in [3.05, 3.63) is 0 Å². The maximum Gasteiger partial charge on any atom is 0.326 e. The zero-order valence-corrected chi connectivity index (χ0v) is 16.6. The molecular weight excluding hydrogens is 386 g/mol. The number of hydrogen-bond acceptors (Lipinski definition) is 7. The lowest BCUT2D eigenvalue weighted by Gasteiger charge is -2.21. The standard InChI is InChI=1S/C16H31N7O6/c1-8(2)12(15(28)29)23-11(25)6-21-14(27)10(4-3-5-20-16(18)19)22-13(26)9(17)7-24/h8-10,12,24H,3-7,17H2,1-2H3,(H,21,27)(H,22,26)(H,23,25)(H,28,29)(H4,18,19,20). The lowest BCUT2D eigenvalue weighted by molar-refractivity contribution is -0.143. The lowest BCUT2D eigenvalue weighted by atomic mass is 10.0. The molecule has 0 rings (SSSR count). The Balaban J connectivity index is 4.86. The molecule has 3 atom stereocenters. The van der Waals surface area contributed by atoms with E-state index in [1.54, 1.807) is 13.8 Å². The predicted octanol–water partition coefficient (Wildman–Crippen LogP) is -3.81. The fourth-order valence-corrected chi connectivity index (χ4v) is 2.16. The van der Waals surface area contributed by atoms with Gasteiger partial charge in [-0.3, -0.25) is 19.4 Å². The molecule has 0 radical (unpaired) electrons.